The van der Waals surface area contributed by atoms with E-state index in [1.165, 1.54) is 11.1 Å². The van der Waals surface area contributed by atoms with Gasteiger partial charge in [0.1, 0.15) is 0 Å². The summed E-state index contributed by atoms with van der Waals surface area (Å²) in [5.74, 6) is 0. The van der Waals surface area contributed by atoms with E-state index in [1.54, 1.807) is 0 Å². The first kappa shape index (κ1) is 14.2. The fourth-order valence-corrected chi connectivity index (χ4v) is 3.15. The van der Waals surface area contributed by atoms with Crippen LogP contribution in [0.2, 0.25) is 15.1 Å². The summed E-state index contributed by atoms with van der Waals surface area (Å²) in [5.41, 5.74) is 2.64. The Morgan fingerprint density at radius 1 is 0.900 bits per heavy atom. The first-order valence-electron chi connectivity index (χ1n) is 6.50. The largest absolute Gasteiger partial charge is 0.315 e. The van der Waals surface area contributed by atoms with E-state index in [4.69, 9.17) is 34.8 Å². The molecule has 1 saturated heterocycles. The highest BCUT2D eigenvalue weighted by Crippen LogP contribution is 2.34. The Morgan fingerprint density at radius 3 is 2.15 bits per heavy atom. The Kier molecular flexibility index (Phi) is 3.96. The quantitative estimate of drug-likeness (QED) is 0.859. The third-order valence-corrected chi connectivity index (χ3v) is 4.90. The van der Waals surface area contributed by atoms with Crippen LogP contribution in [0, 0.1) is 0 Å². The maximum absolute atomic E-state index is 6.11. The van der Waals surface area contributed by atoms with Crippen molar-refractivity contribution in [3.63, 3.8) is 0 Å². The second-order valence-electron chi connectivity index (χ2n) is 5.32. The van der Waals surface area contributed by atoms with Crippen molar-refractivity contribution in [1.29, 1.82) is 0 Å². The van der Waals surface area contributed by atoms with Gasteiger partial charge in [-0.15, -0.1) is 0 Å². The molecule has 2 aromatic rings. The minimum absolute atomic E-state index is 0.127. The lowest BCUT2D eigenvalue weighted by molar-refractivity contribution is 0.275. The minimum atomic E-state index is 0.127. The Labute approximate surface area is 133 Å². The van der Waals surface area contributed by atoms with Gasteiger partial charge in [0.15, 0.2) is 0 Å². The molecule has 0 amide bonds. The van der Waals surface area contributed by atoms with Crippen LogP contribution < -0.4 is 5.32 Å². The Morgan fingerprint density at radius 2 is 1.60 bits per heavy atom. The van der Waals surface area contributed by atoms with Gasteiger partial charge in [-0.05, 0) is 41.8 Å². The van der Waals surface area contributed by atoms with Gasteiger partial charge in [-0.1, -0.05) is 53.0 Å². The molecule has 0 unspecified atom stereocenters. The first-order valence-corrected chi connectivity index (χ1v) is 7.63. The second kappa shape index (κ2) is 5.57. The molecule has 104 valence electrons. The summed E-state index contributed by atoms with van der Waals surface area (Å²) in [6.07, 6.45) is 0.943. The summed E-state index contributed by atoms with van der Waals surface area (Å²) in [6.45, 7) is 1.93. The third kappa shape index (κ3) is 2.68. The Bertz CT molecular complexity index is 618. The van der Waals surface area contributed by atoms with Crippen LogP contribution in [-0.4, -0.2) is 13.1 Å². The van der Waals surface area contributed by atoms with E-state index >= 15 is 0 Å². The van der Waals surface area contributed by atoms with E-state index in [0.29, 0.717) is 10.0 Å². The molecule has 0 aromatic heterocycles. The summed E-state index contributed by atoms with van der Waals surface area (Å²) in [5, 5.41) is 5.35. The van der Waals surface area contributed by atoms with Gasteiger partial charge in [-0.3, -0.25) is 0 Å². The molecular weight excluding hydrogens is 313 g/mol. The van der Waals surface area contributed by atoms with Crippen molar-refractivity contribution in [3.8, 4) is 0 Å². The van der Waals surface area contributed by atoms with Gasteiger partial charge in [0.2, 0.25) is 0 Å². The summed E-state index contributed by atoms with van der Waals surface area (Å²) in [7, 11) is 0. The fraction of sp³-hybridized carbons (Fsp3) is 0.250. The van der Waals surface area contributed by atoms with Crippen molar-refractivity contribution in [2.75, 3.05) is 13.1 Å². The number of hydrogen-bond donors (Lipinski definition) is 1. The van der Waals surface area contributed by atoms with Gasteiger partial charge >= 0.3 is 0 Å². The number of halogens is 3. The lowest BCUT2D eigenvalue weighted by Crippen LogP contribution is -2.58. The summed E-state index contributed by atoms with van der Waals surface area (Å²) >= 11 is 18.1. The van der Waals surface area contributed by atoms with Crippen molar-refractivity contribution in [1.82, 2.24) is 5.32 Å². The number of hydrogen-bond acceptors (Lipinski definition) is 1. The standard InChI is InChI=1S/C16H14Cl3N/c17-13-4-2-12(3-5-13)16(9-20-10-16)8-11-1-6-14(18)15(19)7-11/h1-7,20H,8-10H2. The molecule has 2 aromatic carbocycles. The molecular formula is C16H14Cl3N. The van der Waals surface area contributed by atoms with E-state index in [0.717, 1.165) is 24.5 Å². The Hall–Kier alpha value is -0.730. The lowest BCUT2D eigenvalue weighted by atomic mass is 9.71. The predicted octanol–water partition coefficient (Wildman–Crippen LogP) is 4.73. The highest BCUT2D eigenvalue weighted by atomic mass is 35.5. The first-order chi connectivity index (χ1) is 9.59. The van der Waals surface area contributed by atoms with Gasteiger partial charge in [-0.25, -0.2) is 0 Å². The van der Waals surface area contributed by atoms with E-state index in [1.807, 2.05) is 30.3 Å². The maximum Gasteiger partial charge on any atom is 0.0595 e. The number of rotatable bonds is 3. The van der Waals surface area contributed by atoms with E-state index < -0.39 is 0 Å². The van der Waals surface area contributed by atoms with Crippen LogP contribution >= 0.6 is 34.8 Å². The topological polar surface area (TPSA) is 12.0 Å². The lowest BCUT2D eigenvalue weighted by Gasteiger charge is -2.43. The smallest absolute Gasteiger partial charge is 0.0595 e. The van der Waals surface area contributed by atoms with Crippen LogP contribution in [0.25, 0.3) is 0 Å². The second-order valence-corrected chi connectivity index (χ2v) is 6.57. The molecule has 4 heteroatoms. The normalized spacial score (nSPS) is 16.8. The van der Waals surface area contributed by atoms with Crippen LogP contribution in [0.15, 0.2) is 42.5 Å². The molecule has 1 aliphatic rings. The maximum atomic E-state index is 6.11. The van der Waals surface area contributed by atoms with Crippen LogP contribution in [-0.2, 0) is 11.8 Å². The molecule has 20 heavy (non-hydrogen) atoms. The number of benzene rings is 2. The van der Waals surface area contributed by atoms with E-state index in [2.05, 4.69) is 17.4 Å². The summed E-state index contributed by atoms with van der Waals surface area (Å²) in [4.78, 5) is 0. The Balaban J connectivity index is 1.89. The minimum Gasteiger partial charge on any atom is -0.315 e. The van der Waals surface area contributed by atoms with Crippen LogP contribution in [0.4, 0.5) is 0 Å². The zero-order chi connectivity index (χ0) is 14.2. The highest BCUT2D eigenvalue weighted by molar-refractivity contribution is 6.42. The van der Waals surface area contributed by atoms with Crippen LogP contribution in [0.1, 0.15) is 11.1 Å². The van der Waals surface area contributed by atoms with Crippen LogP contribution in [0.5, 0.6) is 0 Å². The zero-order valence-corrected chi connectivity index (χ0v) is 13.1. The van der Waals surface area contributed by atoms with Crippen molar-refractivity contribution in [2.24, 2.45) is 0 Å². The van der Waals surface area contributed by atoms with Gasteiger partial charge < -0.3 is 5.32 Å². The van der Waals surface area contributed by atoms with Crippen LogP contribution in [0.3, 0.4) is 0 Å². The molecule has 0 aliphatic carbocycles. The fourth-order valence-electron chi connectivity index (χ4n) is 2.70. The number of nitrogens with one attached hydrogen (secondary N) is 1. The third-order valence-electron chi connectivity index (χ3n) is 3.91. The SMILES string of the molecule is Clc1ccc(C2(Cc3ccc(Cl)c(Cl)c3)CNC2)cc1. The molecule has 0 spiro atoms. The average Bonchev–Trinajstić information content (AvgIpc) is 2.39. The van der Waals surface area contributed by atoms with Gasteiger partial charge in [0, 0.05) is 23.5 Å². The molecule has 1 N–H and O–H groups in total. The summed E-state index contributed by atoms with van der Waals surface area (Å²) < 4.78 is 0. The molecule has 3 rings (SSSR count). The average molecular weight is 327 g/mol. The van der Waals surface area contributed by atoms with Crippen molar-refractivity contribution in [2.45, 2.75) is 11.8 Å². The summed E-state index contributed by atoms with van der Waals surface area (Å²) in [6, 6.07) is 14.0. The molecule has 0 radical (unpaired) electrons. The van der Waals surface area contributed by atoms with Gasteiger partial charge in [0.05, 0.1) is 10.0 Å². The molecule has 1 nitrogen and oxygen atoms in total. The monoisotopic (exact) mass is 325 g/mol. The highest BCUT2D eigenvalue weighted by Gasteiger charge is 2.38. The molecule has 0 saturated carbocycles. The zero-order valence-electron chi connectivity index (χ0n) is 10.8. The van der Waals surface area contributed by atoms with E-state index in [9.17, 15) is 0 Å². The van der Waals surface area contributed by atoms with Gasteiger partial charge in [-0.2, -0.15) is 0 Å². The van der Waals surface area contributed by atoms with Crippen molar-refractivity contribution in [3.05, 3.63) is 68.7 Å². The molecule has 1 fully saturated rings. The van der Waals surface area contributed by atoms with Gasteiger partial charge in [0.25, 0.3) is 0 Å². The predicted molar refractivity (Wildman–Crippen MR) is 86.2 cm³/mol. The molecule has 0 bridgehead atoms. The molecule has 0 atom stereocenters. The molecule has 1 heterocycles. The van der Waals surface area contributed by atoms with E-state index in [-0.39, 0.29) is 5.41 Å². The van der Waals surface area contributed by atoms with Crippen molar-refractivity contribution < 1.29 is 0 Å². The molecule has 1 aliphatic heterocycles. The van der Waals surface area contributed by atoms with Crippen molar-refractivity contribution >= 4 is 34.8 Å².